The zero-order chi connectivity index (χ0) is 16.0. The highest BCUT2D eigenvalue weighted by Crippen LogP contribution is 2.25. The molecule has 0 aliphatic rings. The highest BCUT2D eigenvalue weighted by molar-refractivity contribution is 5.97. The number of carbonyl (C=O) groups is 2. The van der Waals surface area contributed by atoms with Crippen LogP contribution in [0.25, 0.3) is 0 Å². The molecule has 0 bridgehead atoms. The molecule has 1 atom stereocenters. The standard InChI is InChI=1S/C14H16N2O5/c1-4-7-15-14(18)10(3)21-13-6-5-11(16(19)20)8-12(13)9(2)17/h4-6,8,10H,1,7H2,2-3H3,(H,15,18). The molecule has 0 aromatic heterocycles. The predicted octanol–water partition coefficient (Wildman–Crippen LogP) is 1.87. The Hall–Kier alpha value is -2.70. The SMILES string of the molecule is C=CCNC(=O)C(C)Oc1ccc([N+](=O)[O-])cc1C(C)=O. The Labute approximate surface area is 121 Å². The van der Waals surface area contributed by atoms with Gasteiger partial charge in [-0.3, -0.25) is 19.7 Å². The van der Waals surface area contributed by atoms with Gasteiger partial charge in [-0.05, 0) is 19.9 Å². The molecule has 7 heteroatoms. The van der Waals surface area contributed by atoms with Crippen molar-refractivity contribution in [2.75, 3.05) is 6.54 Å². The van der Waals surface area contributed by atoms with Crippen molar-refractivity contribution in [2.24, 2.45) is 0 Å². The zero-order valence-electron chi connectivity index (χ0n) is 11.8. The van der Waals surface area contributed by atoms with Gasteiger partial charge in [0.2, 0.25) is 0 Å². The first-order valence-electron chi connectivity index (χ1n) is 6.21. The molecule has 1 rings (SSSR count). The first-order chi connectivity index (χ1) is 9.86. The molecule has 7 nitrogen and oxygen atoms in total. The Balaban J connectivity index is 2.97. The fourth-order valence-electron chi connectivity index (χ4n) is 1.57. The maximum absolute atomic E-state index is 11.7. The second kappa shape index (κ2) is 7.18. The molecule has 0 saturated carbocycles. The van der Waals surface area contributed by atoms with Crippen LogP contribution in [0.1, 0.15) is 24.2 Å². The summed E-state index contributed by atoms with van der Waals surface area (Å²) in [6, 6.07) is 3.66. The fraction of sp³-hybridized carbons (Fsp3) is 0.286. The normalized spacial score (nSPS) is 11.3. The number of non-ortho nitro benzene ring substituents is 1. The van der Waals surface area contributed by atoms with Crippen LogP contribution < -0.4 is 10.1 Å². The first kappa shape index (κ1) is 16.4. The van der Waals surface area contributed by atoms with E-state index in [1.54, 1.807) is 0 Å². The van der Waals surface area contributed by atoms with Crippen molar-refractivity contribution in [3.05, 3.63) is 46.5 Å². The van der Waals surface area contributed by atoms with Crippen molar-refractivity contribution < 1.29 is 19.2 Å². The summed E-state index contributed by atoms with van der Waals surface area (Å²) >= 11 is 0. The molecule has 0 aliphatic carbocycles. The number of nitro groups is 1. The van der Waals surface area contributed by atoms with Gasteiger partial charge in [0.15, 0.2) is 11.9 Å². The molecule has 1 amide bonds. The molecule has 1 N–H and O–H groups in total. The smallest absolute Gasteiger partial charge is 0.270 e. The first-order valence-corrected chi connectivity index (χ1v) is 6.21. The molecule has 0 radical (unpaired) electrons. The highest BCUT2D eigenvalue weighted by Gasteiger charge is 2.19. The molecule has 21 heavy (non-hydrogen) atoms. The van der Waals surface area contributed by atoms with Crippen LogP contribution in [-0.2, 0) is 4.79 Å². The Kier molecular flexibility index (Phi) is 5.59. The molecule has 0 saturated heterocycles. The quantitative estimate of drug-likeness (QED) is 0.358. The predicted molar refractivity (Wildman–Crippen MR) is 76.4 cm³/mol. The summed E-state index contributed by atoms with van der Waals surface area (Å²) < 4.78 is 5.41. The van der Waals surface area contributed by atoms with Crippen LogP contribution in [0.3, 0.4) is 0 Å². The molecule has 0 heterocycles. The summed E-state index contributed by atoms with van der Waals surface area (Å²) in [7, 11) is 0. The number of carbonyl (C=O) groups excluding carboxylic acids is 2. The van der Waals surface area contributed by atoms with Crippen molar-refractivity contribution in [1.82, 2.24) is 5.32 Å². The number of nitrogens with one attached hydrogen (secondary N) is 1. The summed E-state index contributed by atoms with van der Waals surface area (Å²) in [5.41, 5.74) is -0.149. The van der Waals surface area contributed by atoms with Crippen molar-refractivity contribution in [2.45, 2.75) is 20.0 Å². The zero-order valence-corrected chi connectivity index (χ0v) is 11.8. The van der Waals surface area contributed by atoms with Gasteiger partial charge >= 0.3 is 0 Å². The van der Waals surface area contributed by atoms with Gasteiger partial charge in [0.25, 0.3) is 11.6 Å². The van der Waals surface area contributed by atoms with Gasteiger partial charge in [-0.25, -0.2) is 0 Å². The van der Waals surface area contributed by atoms with Gasteiger partial charge in [0.05, 0.1) is 10.5 Å². The summed E-state index contributed by atoms with van der Waals surface area (Å²) in [6.07, 6.45) is 0.682. The number of nitro benzene ring substituents is 1. The van der Waals surface area contributed by atoms with Crippen LogP contribution in [0.15, 0.2) is 30.9 Å². The average molecular weight is 292 g/mol. The minimum absolute atomic E-state index is 0.0626. The van der Waals surface area contributed by atoms with Crippen molar-refractivity contribution >= 4 is 17.4 Å². The van der Waals surface area contributed by atoms with E-state index in [1.165, 1.54) is 32.1 Å². The Morgan fingerprint density at radius 1 is 1.52 bits per heavy atom. The van der Waals surface area contributed by atoms with Crippen molar-refractivity contribution in [1.29, 1.82) is 0 Å². The second-order valence-corrected chi connectivity index (χ2v) is 4.29. The van der Waals surface area contributed by atoms with E-state index in [1.807, 2.05) is 0 Å². The topological polar surface area (TPSA) is 98.5 Å². The van der Waals surface area contributed by atoms with Crippen LogP contribution >= 0.6 is 0 Å². The lowest BCUT2D eigenvalue weighted by molar-refractivity contribution is -0.384. The lowest BCUT2D eigenvalue weighted by Crippen LogP contribution is -2.36. The molecule has 0 aliphatic heterocycles. The largest absolute Gasteiger partial charge is 0.480 e. The maximum Gasteiger partial charge on any atom is 0.270 e. The lowest BCUT2D eigenvalue weighted by Gasteiger charge is -2.16. The van der Waals surface area contributed by atoms with Crippen LogP contribution in [0, 0.1) is 10.1 Å². The van der Waals surface area contributed by atoms with Gasteiger partial charge in [-0.15, -0.1) is 6.58 Å². The number of hydrogen-bond acceptors (Lipinski definition) is 5. The van der Waals surface area contributed by atoms with Crippen LogP contribution in [-0.4, -0.2) is 29.3 Å². The van der Waals surface area contributed by atoms with E-state index in [2.05, 4.69) is 11.9 Å². The number of ether oxygens (including phenoxy) is 1. The van der Waals surface area contributed by atoms with Crippen molar-refractivity contribution in [3.8, 4) is 5.75 Å². The van der Waals surface area contributed by atoms with Gasteiger partial charge in [0, 0.05) is 18.7 Å². The number of hydrogen-bond donors (Lipinski definition) is 1. The Bertz CT molecular complexity index is 583. The van der Waals surface area contributed by atoms with Crippen LogP contribution in [0.4, 0.5) is 5.69 Å². The molecule has 112 valence electrons. The highest BCUT2D eigenvalue weighted by atomic mass is 16.6. The van der Waals surface area contributed by atoms with E-state index in [9.17, 15) is 19.7 Å². The maximum atomic E-state index is 11.7. The molecule has 0 spiro atoms. The lowest BCUT2D eigenvalue weighted by atomic mass is 10.1. The summed E-state index contributed by atoms with van der Waals surface area (Å²) in [4.78, 5) is 33.3. The van der Waals surface area contributed by atoms with E-state index in [-0.39, 0.29) is 28.7 Å². The number of rotatable bonds is 7. The minimum atomic E-state index is -0.843. The van der Waals surface area contributed by atoms with Crippen molar-refractivity contribution in [3.63, 3.8) is 0 Å². The van der Waals surface area contributed by atoms with Gasteiger partial charge < -0.3 is 10.1 Å². The Morgan fingerprint density at radius 3 is 2.71 bits per heavy atom. The number of Topliss-reactive ketones (excluding diaryl/α,β-unsaturated/α-hetero) is 1. The number of nitrogens with zero attached hydrogens (tertiary/aromatic N) is 1. The Morgan fingerprint density at radius 2 is 2.19 bits per heavy atom. The third kappa shape index (κ3) is 4.41. The third-order valence-electron chi connectivity index (χ3n) is 2.65. The molecule has 1 unspecified atom stereocenters. The average Bonchev–Trinajstić information content (AvgIpc) is 2.44. The van der Waals surface area contributed by atoms with E-state index in [0.717, 1.165) is 6.07 Å². The minimum Gasteiger partial charge on any atom is -0.480 e. The molecule has 0 fully saturated rings. The fourth-order valence-corrected chi connectivity index (χ4v) is 1.57. The van der Waals surface area contributed by atoms with Gasteiger partial charge in [-0.1, -0.05) is 6.08 Å². The molecular formula is C14H16N2O5. The monoisotopic (exact) mass is 292 g/mol. The molecule has 1 aromatic carbocycles. The summed E-state index contributed by atoms with van der Waals surface area (Å²) in [5.74, 6) is -0.621. The van der Waals surface area contributed by atoms with Crippen LogP contribution in [0.2, 0.25) is 0 Å². The summed E-state index contributed by atoms with van der Waals surface area (Å²) in [6.45, 7) is 6.56. The number of amides is 1. The molecule has 1 aromatic rings. The molecular weight excluding hydrogens is 276 g/mol. The van der Waals surface area contributed by atoms with E-state index >= 15 is 0 Å². The van der Waals surface area contributed by atoms with E-state index in [0.29, 0.717) is 6.54 Å². The summed E-state index contributed by atoms with van der Waals surface area (Å²) in [5, 5.41) is 13.3. The van der Waals surface area contributed by atoms with E-state index in [4.69, 9.17) is 4.74 Å². The van der Waals surface area contributed by atoms with E-state index < -0.39 is 11.0 Å². The third-order valence-corrected chi connectivity index (χ3v) is 2.65. The number of ketones is 1. The van der Waals surface area contributed by atoms with Gasteiger partial charge in [-0.2, -0.15) is 0 Å². The van der Waals surface area contributed by atoms with Gasteiger partial charge in [0.1, 0.15) is 5.75 Å². The second-order valence-electron chi connectivity index (χ2n) is 4.29. The van der Waals surface area contributed by atoms with Crippen LogP contribution in [0.5, 0.6) is 5.75 Å². The number of benzene rings is 1.